The zero-order valence-corrected chi connectivity index (χ0v) is 17.6. The zero-order chi connectivity index (χ0) is 21.1. The minimum atomic E-state index is -3.75. The molecule has 0 unspecified atom stereocenters. The summed E-state index contributed by atoms with van der Waals surface area (Å²) in [6.07, 6.45) is 6.35. The molecule has 4 rings (SSSR count). The van der Waals surface area contributed by atoms with E-state index < -0.39 is 10.0 Å². The smallest absolute Gasteiger partial charge is 0.247 e. The number of nitrogens with one attached hydrogen (secondary N) is 1. The molecule has 30 heavy (non-hydrogen) atoms. The van der Waals surface area contributed by atoms with Gasteiger partial charge < -0.3 is 10.1 Å². The fraction of sp³-hybridized carbons (Fsp3) is 0.286. The number of aromatic nitrogens is 3. The maximum Gasteiger partial charge on any atom is 0.247 e. The van der Waals surface area contributed by atoms with E-state index in [0.29, 0.717) is 36.0 Å². The molecule has 2 aromatic heterocycles. The Kier molecular flexibility index (Phi) is 5.65. The fourth-order valence-corrected chi connectivity index (χ4v) is 5.45. The average molecular weight is 426 g/mol. The highest BCUT2D eigenvalue weighted by Gasteiger charge is 2.38. The third-order valence-corrected chi connectivity index (χ3v) is 7.06. The summed E-state index contributed by atoms with van der Waals surface area (Å²) in [6.45, 7) is 2.37. The molecule has 1 atom stereocenters. The lowest BCUT2D eigenvalue weighted by atomic mass is 10.2. The molecule has 0 radical (unpaired) electrons. The number of benzene rings is 1. The van der Waals surface area contributed by atoms with Gasteiger partial charge in [-0.25, -0.2) is 18.4 Å². The number of pyridine rings is 1. The first kappa shape index (κ1) is 20.2. The van der Waals surface area contributed by atoms with Crippen LogP contribution >= 0.6 is 0 Å². The summed E-state index contributed by atoms with van der Waals surface area (Å²) in [7, 11) is -2.28. The quantitative estimate of drug-likeness (QED) is 0.646. The summed E-state index contributed by atoms with van der Waals surface area (Å²) in [4.78, 5) is 13.4. The molecule has 1 aromatic carbocycles. The van der Waals surface area contributed by atoms with E-state index >= 15 is 0 Å². The minimum absolute atomic E-state index is 0.158. The van der Waals surface area contributed by atoms with Gasteiger partial charge in [-0.15, -0.1) is 0 Å². The van der Waals surface area contributed by atoms with Crippen molar-refractivity contribution in [3.05, 3.63) is 66.2 Å². The molecule has 0 aliphatic carbocycles. The Morgan fingerprint density at radius 1 is 1.17 bits per heavy atom. The number of aryl methyl sites for hydroxylation is 1. The first-order chi connectivity index (χ1) is 14.5. The Morgan fingerprint density at radius 2 is 2.00 bits per heavy atom. The Balaban J connectivity index is 1.65. The lowest BCUT2D eigenvalue weighted by Crippen LogP contribution is -2.31. The van der Waals surface area contributed by atoms with Crippen LogP contribution in [0.25, 0.3) is 0 Å². The van der Waals surface area contributed by atoms with E-state index in [1.54, 1.807) is 42.9 Å². The molecule has 1 aliphatic rings. The normalized spacial score (nSPS) is 17.1. The molecule has 1 aliphatic heterocycles. The summed E-state index contributed by atoms with van der Waals surface area (Å²) in [5, 5.41) is 3.17. The Morgan fingerprint density at radius 3 is 2.80 bits per heavy atom. The van der Waals surface area contributed by atoms with Crippen LogP contribution < -0.4 is 10.1 Å². The predicted molar refractivity (Wildman–Crippen MR) is 113 cm³/mol. The lowest BCUT2D eigenvalue weighted by molar-refractivity contribution is 0.377. The molecule has 1 N–H and O–H groups in total. The van der Waals surface area contributed by atoms with Gasteiger partial charge in [0, 0.05) is 12.7 Å². The molecule has 156 valence electrons. The van der Waals surface area contributed by atoms with E-state index in [2.05, 4.69) is 20.3 Å². The third kappa shape index (κ3) is 3.86. The maximum absolute atomic E-state index is 13.4. The maximum atomic E-state index is 13.4. The van der Waals surface area contributed by atoms with E-state index in [1.807, 2.05) is 19.1 Å². The van der Waals surface area contributed by atoms with E-state index in [4.69, 9.17) is 4.74 Å². The van der Waals surface area contributed by atoms with Gasteiger partial charge in [0.25, 0.3) is 0 Å². The number of methoxy groups -OCH3 is 1. The number of hydrogen-bond acceptors (Lipinski definition) is 7. The highest BCUT2D eigenvalue weighted by Crippen LogP contribution is 2.38. The number of nitrogens with zero attached hydrogens (tertiary/aromatic N) is 4. The first-order valence-corrected chi connectivity index (χ1v) is 11.1. The number of ether oxygens (including phenoxy) is 1. The standard InChI is InChI=1S/C21H23N5O3S/c1-15-7-5-11-23-21(15)25-20-14-22-13-16(24-20)17-8-6-12-26(17)30(27,28)19-10-4-3-9-18(19)29-2/h3-5,7,9-11,13-14,17H,6,8,12H2,1-2H3,(H,23,24,25)/t17-/m0/s1. The van der Waals surface area contributed by atoms with Crippen LogP contribution in [0.4, 0.5) is 11.6 Å². The number of rotatable bonds is 6. The van der Waals surface area contributed by atoms with E-state index in [0.717, 1.165) is 12.0 Å². The molecule has 3 aromatic rings. The molecular weight excluding hydrogens is 402 g/mol. The SMILES string of the molecule is COc1ccccc1S(=O)(=O)N1CCC[C@H]1c1cncc(Nc2ncccc2C)n1. The molecule has 3 heterocycles. The van der Waals surface area contributed by atoms with Crippen LogP contribution in [0, 0.1) is 6.92 Å². The lowest BCUT2D eigenvalue weighted by Gasteiger charge is -2.24. The average Bonchev–Trinajstić information content (AvgIpc) is 3.26. The molecule has 1 saturated heterocycles. The summed E-state index contributed by atoms with van der Waals surface area (Å²) in [5.41, 5.74) is 1.58. The van der Waals surface area contributed by atoms with Gasteiger partial charge in [-0.1, -0.05) is 18.2 Å². The van der Waals surface area contributed by atoms with Crippen molar-refractivity contribution in [1.29, 1.82) is 0 Å². The molecule has 0 amide bonds. The largest absolute Gasteiger partial charge is 0.495 e. The van der Waals surface area contributed by atoms with Crippen molar-refractivity contribution < 1.29 is 13.2 Å². The van der Waals surface area contributed by atoms with Crippen molar-refractivity contribution in [2.45, 2.75) is 30.7 Å². The van der Waals surface area contributed by atoms with Crippen LogP contribution in [0.2, 0.25) is 0 Å². The second-order valence-electron chi connectivity index (χ2n) is 7.05. The second-order valence-corrected chi connectivity index (χ2v) is 8.91. The topological polar surface area (TPSA) is 97.3 Å². The van der Waals surface area contributed by atoms with Gasteiger partial charge >= 0.3 is 0 Å². The van der Waals surface area contributed by atoms with Crippen LogP contribution in [0.3, 0.4) is 0 Å². The first-order valence-electron chi connectivity index (χ1n) is 9.66. The van der Waals surface area contributed by atoms with E-state index in [-0.39, 0.29) is 10.9 Å². The van der Waals surface area contributed by atoms with Crippen molar-refractivity contribution in [3.63, 3.8) is 0 Å². The van der Waals surface area contributed by atoms with Crippen molar-refractivity contribution in [2.24, 2.45) is 0 Å². The third-order valence-electron chi connectivity index (χ3n) is 5.11. The molecule has 0 bridgehead atoms. The van der Waals surface area contributed by atoms with E-state index in [9.17, 15) is 8.42 Å². The highest BCUT2D eigenvalue weighted by molar-refractivity contribution is 7.89. The van der Waals surface area contributed by atoms with Crippen LogP contribution in [-0.2, 0) is 10.0 Å². The minimum Gasteiger partial charge on any atom is -0.495 e. The van der Waals surface area contributed by atoms with Crippen LogP contribution in [0.5, 0.6) is 5.75 Å². The molecule has 8 nitrogen and oxygen atoms in total. The number of anilines is 2. The molecule has 0 spiro atoms. The van der Waals surface area contributed by atoms with Crippen molar-refractivity contribution in [1.82, 2.24) is 19.3 Å². The molecule has 9 heteroatoms. The van der Waals surface area contributed by atoms with Crippen molar-refractivity contribution in [2.75, 3.05) is 19.0 Å². The summed E-state index contributed by atoms with van der Waals surface area (Å²) in [6, 6.07) is 10.1. The summed E-state index contributed by atoms with van der Waals surface area (Å²) >= 11 is 0. The van der Waals surface area contributed by atoms with Gasteiger partial charge in [0.05, 0.1) is 31.2 Å². The highest BCUT2D eigenvalue weighted by atomic mass is 32.2. The zero-order valence-electron chi connectivity index (χ0n) is 16.8. The van der Waals surface area contributed by atoms with Gasteiger partial charge in [-0.05, 0) is 43.5 Å². The Bertz CT molecular complexity index is 1150. The van der Waals surface area contributed by atoms with Crippen LogP contribution in [0.1, 0.15) is 30.1 Å². The predicted octanol–water partition coefficient (Wildman–Crippen LogP) is 3.46. The molecule has 0 saturated carbocycles. The number of sulfonamides is 1. The van der Waals surface area contributed by atoms with Gasteiger partial charge in [-0.2, -0.15) is 4.31 Å². The Labute approximate surface area is 176 Å². The van der Waals surface area contributed by atoms with Crippen LogP contribution in [0.15, 0.2) is 59.9 Å². The summed E-state index contributed by atoms with van der Waals surface area (Å²) in [5.74, 6) is 1.54. The van der Waals surface area contributed by atoms with Crippen molar-refractivity contribution in [3.8, 4) is 5.75 Å². The fourth-order valence-electron chi connectivity index (χ4n) is 3.62. The molecular formula is C21H23N5O3S. The summed E-state index contributed by atoms with van der Waals surface area (Å²) < 4.78 is 33.6. The van der Waals surface area contributed by atoms with Gasteiger partial charge in [0.15, 0.2) is 0 Å². The van der Waals surface area contributed by atoms with E-state index in [1.165, 1.54) is 11.4 Å². The van der Waals surface area contributed by atoms with Crippen molar-refractivity contribution >= 4 is 21.7 Å². The monoisotopic (exact) mass is 425 g/mol. The Hall–Kier alpha value is -3.04. The van der Waals surface area contributed by atoms with Gasteiger partial charge in [0.2, 0.25) is 10.0 Å². The number of hydrogen-bond donors (Lipinski definition) is 1. The van der Waals surface area contributed by atoms with Gasteiger partial charge in [0.1, 0.15) is 22.3 Å². The number of para-hydroxylation sites is 1. The second kappa shape index (κ2) is 8.37. The van der Waals surface area contributed by atoms with Gasteiger partial charge in [-0.3, -0.25) is 4.98 Å². The van der Waals surface area contributed by atoms with Crippen LogP contribution in [-0.4, -0.2) is 41.3 Å². The molecule has 1 fully saturated rings.